The molecule has 1 unspecified atom stereocenters. The molecule has 0 spiro atoms. The van der Waals surface area contributed by atoms with E-state index in [4.69, 9.17) is 0 Å². The van der Waals surface area contributed by atoms with E-state index < -0.39 is 0 Å². The van der Waals surface area contributed by atoms with Crippen LogP contribution in [-0.4, -0.2) is 42.9 Å². The molecule has 26 heavy (non-hydrogen) atoms. The Morgan fingerprint density at radius 2 is 1.85 bits per heavy atom. The molecule has 0 radical (unpaired) electrons. The fourth-order valence-electron chi connectivity index (χ4n) is 3.70. The average Bonchev–Trinajstić information content (AvgIpc) is 2.65. The van der Waals surface area contributed by atoms with Crippen molar-refractivity contribution in [1.82, 2.24) is 15.5 Å². The third-order valence-electron chi connectivity index (χ3n) is 5.18. The molecular weight excluding hydrogens is 326 g/mol. The largest absolute Gasteiger partial charge is 0.356 e. The first kappa shape index (κ1) is 20.4. The number of amides is 2. The highest BCUT2D eigenvalue weighted by atomic mass is 16.2. The lowest BCUT2D eigenvalue weighted by Crippen LogP contribution is -2.36. The highest BCUT2D eigenvalue weighted by Gasteiger charge is 2.18. The summed E-state index contributed by atoms with van der Waals surface area (Å²) in [5.74, 6) is -0.145. The van der Waals surface area contributed by atoms with Gasteiger partial charge in [0.25, 0.3) is 0 Å². The van der Waals surface area contributed by atoms with Crippen molar-refractivity contribution in [3.63, 3.8) is 0 Å². The Hall–Kier alpha value is -1.88. The Bertz CT molecular complexity index is 556. The Morgan fingerprint density at radius 3 is 2.50 bits per heavy atom. The maximum atomic E-state index is 12.3. The average molecular weight is 360 g/mol. The minimum absolute atomic E-state index is 0.0204. The molecule has 2 amide bonds. The number of benzene rings is 1. The van der Waals surface area contributed by atoms with E-state index >= 15 is 0 Å². The molecule has 0 bridgehead atoms. The highest BCUT2D eigenvalue weighted by Crippen LogP contribution is 2.21. The SMILES string of the molecule is CC(=O)NC(CC(=O)NCCCN(C)C1CCCCC1)c1ccccc1. The summed E-state index contributed by atoms with van der Waals surface area (Å²) >= 11 is 0. The van der Waals surface area contributed by atoms with Crippen LogP contribution in [0, 0.1) is 0 Å². The predicted octanol–water partition coefficient (Wildman–Crippen LogP) is 3.02. The van der Waals surface area contributed by atoms with Crippen LogP contribution in [0.4, 0.5) is 0 Å². The summed E-state index contributed by atoms with van der Waals surface area (Å²) in [4.78, 5) is 26.2. The van der Waals surface area contributed by atoms with E-state index in [-0.39, 0.29) is 24.3 Å². The number of hydrogen-bond acceptors (Lipinski definition) is 3. The monoisotopic (exact) mass is 359 g/mol. The number of carbonyl (C=O) groups excluding carboxylic acids is 2. The Kier molecular flexibility index (Phi) is 8.62. The summed E-state index contributed by atoms with van der Waals surface area (Å²) in [6, 6.07) is 10.1. The molecule has 0 aromatic heterocycles. The molecule has 144 valence electrons. The second-order valence-electron chi connectivity index (χ2n) is 7.34. The van der Waals surface area contributed by atoms with Gasteiger partial charge in [-0.05, 0) is 38.4 Å². The zero-order valence-corrected chi connectivity index (χ0v) is 16.2. The van der Waals surface area contributed by atoms with Gasteiger partial charge in [0, 0.05) is 19.5 Å². The van der Waals surface area contributed by atoms with Crippen LogP contribution in [0.2, 0.25) is 0 Å². The molecule has 2 rings (SSSR count). The van der Waals surface area contributed by atoms with Gasteiger partial charge < -0.3 is 15.5 Å². The van der Waals surface area contributed by atoms with Gasteiger partial charge in [0.05, 0.1) is 12.5 Å². The summed E-state index contributed by atoms with van der Waals surface area (Å²) in [7, 11) is 2.19. The first-order chi connectivity index (χ1) is 12.6. The summed E-state index contributed by atoms with van der Waals surface area (Å²) in [5, 5.41) is 5.87. The molecule has 1 fully saturated rings. The van der Waals surface area contributed by atoms with Crippen LogP contribution >= 0.6 is 0 Å². The number of nitrogens with one attached hydrogen (secondary N) is 2. The van der Waals surface area contributed by atoms with Crippen molar-refractivity contribution in [2.75, 3.05) is 20.1 Å². The van der Waals surface area contributed by atoms with E-state index in [1.54, 1.807) is 0 Å². The summed E-state index contributed by atoms with van der Waals surface area (Å²) in [5.41, 5.74) is 0.954. The number of nitrogens with zero attached hydrogens (tertiary/aromatic N) is 1. The summed E-state index contributed by atoms with van der Waals surface area (Å²) < 4.78 is 0. The van der Waals surface area contributed by atoms with Gasteiger partial charge in [-0.3, -0.25) is 9.59 Å². The molecule has 1 aliphatic rings. The van der Waals surface area contributed by atoms with Gasteiger partial charge in [-0.25, -0.2) is 0 Å². The smallest absolute Gasteiger partial charge is 0.222 e. The molecule has 1 saturated carbocycles. The highest BCUT2D eigenvalue weighted by molar-refractivity contribution is 5.79. The van der Waals surface area contributed by atoms with Gasteiger partial charge in [0.1, 0.15) is 0 Å². The Morgan fingerprint density at radius 1 is 1.15 bits per heavy atom. The fraction of sp³-hybridized carbons (Fsp3) is 0.619. The molecule has 5 nitrogen and oxygen atoms in total. The van der Waals surface area contributed by atoms with E-state index in [9.17, 15) is 9.59 Å². The van der Waals surface area contributed by atoms with Crippen molar-refractivity contribution >= 4 is 11.8 Å². The zero-order chi connectivity index (χ0) is 18.8. The number of carbonyl (C=O) groups is 2. The zero-order valence-electron chi connectivity index (χ0n) is 16.2. The summed E-state index contributed by atoms with van der Waals surface area (Å²) in [6.45, 7) is 3.17. The van der Waals surface area contributed by atoms with Crippen LogP contribution in [-0.2, 0) is 9.59 Å². The van der Waals surface area contributed by atoms with Crippen LogP contribution in [0.3, 0.4) is 0 Å². The van der Waals surface area contributed by atoms with Gasteiger partial charge in [-0.15, -0.1) is 0 Å². The second kappa shape index (κ2) is 11.0. The Balaban J connectivity index is 1.71. The first-order valence-electron chi connectivity index (χ1n) is 9.85. The molecule has 0 aliphatic heterocycles. The van der Waals surface area contributed by atoms with Gasteiger partial charge in [0.2, 0.25) is 11.8 Å². The first-order valence-corrected chi connectivity index (χ1v) is 9.85. The van der Waals surface area contributed by atoms with Crippen molar-refractivity contribution in [3.8, 4) is 0 Å². The standard InChI is InChI=1S/C21H33N3O2/c1-17(25)23-20(18-10-5-3-6-11-18)16-21(26)22-14-9-15-24(2)19-12-7-4-8-13-19/h3,5-6,10-11,19-20H,4,7-9,12-16H2,1-2H3,(H,22,26)(H,23,25). The van der Waals surface area contributed by atoms with Gasteiger partial charge in [-0.1, -0.05) is 49.6 Å². The van der Waals surface area contributed by atoms with Crippen molar-refractivity contribution in [1.29, 1.82) is 0 Å². The van der Waals surface area contributed by atoms with E-state index in [1.165, 1.54) is 39.0 Å². The molecule has 0 saturated heterocycles. The third kappa shape index (κ3) is 7.16. The van der Waals surface area contributed by atoms with Gasteiger partial charge >= 0.3 is 0 Å². The van der Waals surface area contributed by atoms with E-state index in [0.717, 1.165) is 18.5 Å². The molecule has 1 aliphatic carbocycles. The van der Waals surface area contributed by atoms with Gasteiger partial charge in [0.15, 0.2) is 0 Å². The quantitative estimate of drug-likeness (QED) is 0.666. The molecule has 2 N–H and O–H groups in total. The van der Waals surface area contributed by atoms with Crippen LogP contribution in [0.5, 0.6) is 0 Å². The lowest BCUT2D eigenvalue weighted by Gasteiger charge is -2.31. The van der Waals surface area contributed by atoms with Crippen LogP contribution in [0.25, 0.3) is 0 Å². The fourth-order valence-corrected chi connectivity index (χ4v) is 3.70. The second-order valence-corrected chi connectivity index (χ2v) is 7.34. The Labute approximate surface area is 157 Å². The topological polar surface area (TPSA) is 61.4 Å². The van der Waals surface area contributed by atoms with E-state index in [1.807, 2.05) is 30.3 Å². The van der Waals surface area contributed by atoms with E-state index in [0.29, 0.717) is 12.6 Å². The van der Waals surface area contributed by atoms with Crippen LogP contribution < -0.4 is 10.6 Å². The molecule has 1 atom stereocenters. The van der Waals surface area contributed by atoms with Crippen LogP contribution in [0.15, 0.2) is 30.3 Å². The lowest BCUT2D eigenvalue weighted by molar-refractivity contribution is -0.122. The normalized spacial score (nSPS) is 16.3. The van der Waals surface area contributed by atoms with Crippen molar-refractivity contribution in [3.05, 3.63) is 35.9 Å². The lowest BCUT2D eigenvalue weighted by atomic mass is 9.94. The molecule has 1 aromatic rings. The summed E-state index contributed by atoms with van der Waals surface area (Å²) in [6.07, 6.45) is 7.89. The van der Waals surface area contributed by atoms with Crippen molar-refractivity contribution in [2.24, 2.45) is 0 Å². The van der Waals surface area contributed by atoms with E-state index in [2.05, 4.69) is 22.6 Å². The number of rotatable bonds is 9. The van der Waals surface area contributed by atoms with Crippen molar-refractivity contribution < 1.29 is 9.59 Å². The van der Waals surface area contributed by atoms with Crippen LogP contribution in [0.1, 0.15) is 63.5 Å². The number of hydrogen-bond donors (Lipinski definition) is 2. The molecular formula is C21H33N3O2. The third-order valence-corrected chi connectivity index (χ3v) is 5.18. The molecule has 0 heterocycles. The molecule has 5 heteroatoms. The van der Waals surface area contributed by atoms with Crippen molar-refractivity contribution in [2.45, 2.75) is 64.0 Å². The maximum absolute atomic E-state index is 12.3. The minimum atomic E-state index is -0.279. The maximum Gasteiger partial charge on any atom is 0.222 e. The predicted molar refractivity (Wildman–Crippen MR) is 105 cm³/mol. The minimum Gasteiger partial charge on any atom is -0.356 e. The van der Waals surface area contributed by atoms with Gasteiger partial charge in [-0.2, -0.15) is 0 Å². The molecule has 1 aromatic carbocycles.